The van der Waals surface area contributed by atoms with Crippen LogP contribution in [0.25, 0.3) is 17.0 Å². The molecule has 1 aromatic carbocycles. The topological polar surface area (TPSA) is 153 Å². The number of esters is 2. The zero-order valence-electron chi connectivity index (χ0n) is 36.8. The van der Waals surface area contributed by atoms with Crippen molar-refractivity contribution >= 4 is 89.6 Å². The first-order valence-corrected chi connectivity index (χ1v) is 24.1. The van der Waals surface area contributed by atoms with Gasteiger partial charge in [0.05, 0.1) is 22.2 Å². The first-order chi connectivity index (χ1) is 27.0. The Labute approximate surface area is 365 Å². The number of Topliss-reactive ketones (excluding diaryl/α,β-unsaturated/α-hetero) is 1. The highest BCUT2D eigenvalue weighted by molar-refractivity contribution is 6.74. The summed E-state index contributed by atoms with van der Waals surface area (Å²) in [5, 5.41) is 4.87. The zero-order chi connectivity index (χ0) is 44.9. The lowest BCUT2D eigenvalue weighted by atomic mass is 9.69. The van der Waals surface area contributed by atoms with Crippen molar-refractivity contribution in [3.05, 3.63) is 47.7 Å². The number of carbonyl (C=O) groups excluding carboxylic acids is 5. The summed E-state index contributed by atoms with van der Waals surface area (Å²) in [4.78, 5) is 71.4. The Bertz CT molecular complexity index is 1890. The van der Waals surface area contributed by atoms with E-state index in [4.69, 9.17) is 53.7 Å². The van der Waals surface area contributed by atoms with Crippen molar-refractivity contribution in [1.29, 1.82) is 0 Å². The average Bonchev–Trinajstić information content (AvgIpc) is 3.12. The minimum atomic E-state index is -2.44. The largest absolute Gasteiger partial charge is 0.460 e. The van der Waals surface area contributed by atoms with Crippen LogP contribution in [-0.2, 0) is 37.9 Å². The van der Waals surface area contributed by atoms with E-state index in [-0.39, 0.29) is 23.2 Å². The molecule has 0 radical (unpaired) electrons. The fourth-order valence-corrected chi connectivity index (χ4v) is 8.56. The van der Waals surface area contributed by atoms with Gasteiger partial charge < -0.3 is 19.2 Å². The second kappa shape index (κ2) is 19.8. The number of aromatic nitrogens is 1. The number of pyridine rings is 1. The molecule has 0 saturated carbocycles. The number of ketones is 1. The SMILES string of the molecule is CC(=O)O[C@H](C)c1ccc2ccc(/C=C/C(C)(C(=O)C[C@H](C(=O)N[C@@H](C)C(=O)N3CCC[C@@H](C(=O)OCC(Cl)(Cl)Cl)N3)C(C)C)C(C)(C)O[Si](C)(C)C(C)(C)C)cc2n1. The predicted octanol–water partition coefficient (Wildman–Crippen LogP) is 8.82. The van der Waals surface area contributed by atoms with Gasteiger partial charge in [0.25, 0.3) is 5.91 Å². The van der Waals surface area contributed by atoms with Crippen molar-refractivity contribution in [1.82, 2.24) is 20.7 Å². The molecular formula is C43H63Cl3N4O8Si. The molecule has 0 spiro atoms. The van der Waals surface area contributed by atoms with E-state index in [0.717, 1.165) is 10.9 Å². The van der Waals surface area contributed by atoms with Crippen LogP contribution in [0.15, 0.2) is 36.4 Å². The standard InChI is InChI=1S/C43H63Cl3N4O8Si/c1-26(2)32(37(53)47-27(3)38(54)50-22-14-15-34(49-50)39(55)56-25-43(44,45)46)24-36(52)42(11,41(9,10)58-59(12,13)40(6,7)8)21-20-30-16-17-31-18-19-33(48-35(31)23-30)28(4)57-29(5)51/h16-21,23,26-28,32,34,49H,14-15,22,24-25H2,1-13H3,(H,47,53)/b21-20+/t27-,28+,32-,34-,42?/m0/s1. The second-order valence-corrected chi connectivity index (χ2v) is 25.3. The molecule has 1 fully saturated rings. The first-order valence-electron chi connectivity index (χ1n) is 20.1. The summed E-state index contributed by atoms with van der Waals surface area (Å²) >= 11 is 17.2. The third-order valence-corrected chi connectivity index (χ3v) is 16.6. The van der Waals surface area contributed by atoms with E-state index in [9.17, 15) is 24.0 Å². The Morgan fingerprint density at radius 2 is 1.63 bits per heavy atom. The van der Waals surface area contributed by atoms with Gasteiger partial charge in [-0.15, -0.1) is 0 Å². The third kappa shape index (κ3) is 13.5. The number of hydrogen-bond donors (Lipinski definition) is 2. The highest BCUT2D eigenvalue weighted by atomic mass is 35.6. The van der Waals surface area contributed by atoms with Crippen LogP contribution in [0.2, 0.25) is 18.1 Å². The van der Waals surface area contributed by atoms with E-state index in [2.05, 4.69) is 44.6 Å². The van der Waals surface area contributed by atoms with E-state index in [1.807, 2.05) is 77.1 Å². The number of fused-ring (bicyclic) bond motifs is 1. The summed E-state index contributed by atoms with van der Waals surface area (Å²) < 4.78 is 15.7. The lowest BCUT2D eigenvalue weighted by Crippen LogP contribution is -2.60. The fraction of sp³-hybridized carbons (Fsp3) is 0.628. The van der Waals surface area contributed by atoms with Crippen LogP contribution in [0.3, 0.4) is 0 Å². The number of rotatable bonds is 16. The van der Waals surface area contributed by atoms with Crippen LogP contribution in [0, 0.1) is 17.3 Å². The van der Waals surface area contributed by atoms with Crippen molar-refractivity contribution in [3.8, 4) is 0 Å². The molecule has 2 aromatic rings. The summed E-state index contributed by atoms with van der Waals surface area (Å²) in [6.45, 7) is 24.7. The first kappa shape index (κ1) is 50.3. The number of benzene rings is 1. The van der Waals surface area contributed by atoms with E-state index in [0.29, 0.717) is 30.6 Å². The monoisotopic (exact) mass is 896 g/mol. The molecule has 16 heteroatoms. The molecule has 2 amide bonds. The molecule has 3 rings (SSSR count). The van der Waals surface area contributed by atoms with Gasteiger partial charge in [0.15, 0.2) is 8.32 Å². The molecule has 0 bridgehead atoms. The smallest absolute Gasteiger partial charge is 0.325 e. The number of nitrogens with one attached hydrogen (secondary N) is 2. The van der Waals surface area contributed by atoms with Gasteiger partial charge in [-0.2, -0.15) is 0 Å². The zero-order valence-corrected chi connectivity index (χ0v) is 40.0. The average molecular weight is 898 g/mol. The Balaban J connectivity index is 1.91. The summed E-state index contributed by atoms with van der Waals surface area (Å²) in [7, 11) is -2.44. The normalized spacial score (nSPS) is 18.3. The van der Waals surface area contributed by atoms with Gasteiger partial charge in [-0.05, 0) is 89.2 Å². The maximum atomic E-state index is 14.9. The molecule has 59 heavy (non-hydrogen) atoms. The molecule has 328 valence electrons. The van der Waals surface area contributed by atoms with Crippen LogP contribution in [0.5, 0.6) is 0 Å². The van der Waals surface area contributed by atoms with E-state index in [1.54, 1.807) is 13.8 Å². The van der Waals surface area contributed by atoms with Crippen molar-refractivity contribution in [2.45, 2.75) is 141 Å². The number of hydrogen-bond acceptors (Lipinski definition) is 10. The summed E-state index contributed by atoms with van der Waals surface area (Å²) in [5.74, 6) is -3.21. The lowest BCUT2D eigenvalue weighted by molar-refractivity contribution is -0.153. The number of ether oxygens (including phenoxy) is 2. The van der Waals surface area contributed by atoms with Gasteiger partial charge in [-0.25, -0.2) is 10.4 Å². The van der Waals surface area contributed by atoms with Crippen LogP contribution in [0.1, 0.15) is 113 Å². The number of carbonyl (C=O) groups is 5. The number of halogens is 3. The van der Waals surface area contributed by atoms with Crippen LogP contribution >= 0.6 is 34.8 Å². The van der Waals surface area contributed by atoms with Crippen molar-refractivity contribution in [3.63, 3.8) is 0 Å². The summed E-state index contributed by atoms with van der Waals surface area (Å²) in [5.41, 5.74) is 2.75. The highest BCUT2D eigenvalue weighted by Gasteiger charge is 2.52. The van der Waals surface area contributed by atoms with Gasteiger partial charge in [-0.3, -0.25) is 29.0 Å². The molecular weight excluding hydrogens is 835 g/mol. The fourth-order valence-electron chi connectivity index (χ4n) is 6.61. The molecule has 1 aromatic heterocycles. The van der Waals surface area contributed by atoms with E-state index < -0.39 is 77.6 Å². The maximum absolute atomic E-state index is 14.9. The van der Waals surface area contributed by atoms with Crippen LogP contribution in [-0.4, -0.2) is 82.5 Å². The summed E-state index contributed by atoms with van der Waals surface area (Å²) in [6, 6.07) is 7.73. The van der Waals surface area contributed by atoms with Crippen molar-refractivity contribution in [2.75, 3.05) is 13.2 Å². The maximum Gasteiger partial charge on any atom is 0.325 e. The molecule has 1 unspecified atom stereocenters. The van der Waals surface area contributed by atoms with E-state index >= 15 is 0 Å². The van der Waals surface area contributed by atoms with E-state index in [1.165, 1.54) is 11.9 Å². The highest BCUT2D eigenvalue weighted by Crippen LogP contribution is 2.46. The summed E-state index contributed by atoms with van der Waals surface area (Å²) in [6.07, 6.45) is 4.01. The molecule has 1 aliphatic rings. The number of nitrogens with zero attached hydrogens (tertiary/aromatic N) is 2. The van der Waals surface area contributed by atoms with Crippen LogP contribution in [0.4, 0.5) is 0 Å². The molecule has 1 aliphatic heterocycles. The number of alkyl halides is 3. The Hall–Kier alpha value is -3.07. The van der Waals surface area contributed by atoms with Crippen molar-refractivity contribution < 1.29 is 37.9 Å². The van der Waals surface area contributed by atoms with Crippen LogP contribution < -0.4 is 10.7 Å². The third-order valence-electron chi connectivity index (χ3n) is 11.6. The molecule has 0 aliphatic carbocycles. The second-order valence-electron chi connectivity index (χ2n) is 18.1. The number of hydrazine groups is 1. The predicted molar refractivity (Wildman–Crippen MR) is 236 cm³/mol. The van der Waals surface area contributed by atoms with Gasteiger partial charge in [-0.1, -0.05) is 99.8 Å². The molecule has 1 saturated heterocycles. The lowest BCUT2D eigenvalue weighted by Gasteiger charge is -2.49. The minimum absolute atomic E-state index is 0.120. The minimum Gasteiger partial charge on any atom is -0.460 e. The molecule has 5 atom stereocenters. The Morgan fingerprint density at radius 3 is 2.20 bits per heavy atom. The van der Waals surface area contributed by atoms with Gasteiger partial charge in [0, 0.05) is 31.2 Å². The molecule has 2 N–H and O–H groups in total. The quantitative estimate of drug-likeness (QED) is 0.0950. The molecule has 12 nitrogen and oxygen atoms in total. The van der Waals surface area contributed by atoms with Crippen molar-refractivity contribution in [2.24, 2.45) is 17.3 Å². The molecule has 2 heterocycles. The Kier molecular flexibility index (Phi) is 16.8. The van der Waals surface area contributed by atoms with Gasteiger partial charge in [0.2, 0.25) is 9.70 Å². The van der Waals surface area contributed by atoms with Gasteiger partial charge in [0.1, 0.15) is 30.6 Å². The number of amides is 2. The Morgan fingerprint density at radius 1 is 1.00 bits per heavy atom. The van der Waals surface area contributed by atoms with Gasteiger partial charge >= 0.3 is 11.9 Å².